The molecule has 21 heteroatoms. The molecule has 0 aliphatic carbocycles. The van der Waals surface area contributed by atoms with Crippen molar-refractivity contribution in [1.29, 1.82) is 0 Å². The largest absolute Gasteiger partial charge is 0.377 e. The zero-order valence-corrected chi connectivity index (χ0v) is 34.6. The number of nitrogens with one attached hydrogen (secondary N) is 7. The van der Waals surface area contributed by atoms with E-state index in [0.29, 0.717) is 71.0 Å². The zero-order chi connectivity index (χ0) is 43.2. The summed E-state index contributed by atoms with van der Waals surface area (Å²) in [4.78, 5) is 83.7. The molecule has 0 bridgehead atoms. The minimum absolute atomic E-state index is 0.0839. The Bertz CT molecular complexity index is 1170. The maximum absolute atomic E-state index is 12.8. The van der Waals surface area contributed by atoms with Gasteiger partial charge in [-0.15, -0.1) is 0 Å². The number of rotatable bonds is 40. The van der Waals surface area contributed by atoms with Crippen LogP contribution in [0.3, 0.4) is 0 Å². The molecule has 7 amide bonds. The van der Waals surface area contributed by atoms with E-state index in [1.807, 2.05) is 0 Å². The van der Waals surface area contributed by atoms with Gasteiger partial charge in [-0.25, -0.2) is 0 Å². The smallest absolute Gasteiger partial charge is 0.246 e. The summed E-state index contributed by atoms with van der Waals surface area (Å²) in [6.07, 6.45) is 6.33. The first kappa shape index (κ1) is 54.0. The van der Waals surface area contributed by atoms with E-state index in [-0.39, 0.29) is 114 Å². The lowest BCUT2D eigenvalue weighted by atomic mass is 10.1. The molecular formula is C37H72N10O11. The van der Waals surface area contributed by atoms with Gasteiger partial charge in [0.05, 0.1) is 51.7 Å². The second-order valence-corrected chi connectivity index (χ2v) is 13.4. The van der Waals surface area contributed by atoms with Crippen molar-refractivity contribution in [1.82, 2.24) is 37.2 Å². The van der Waals surface area contributed by atoms with E-state index in [0.717, 1.165) is 12.8 Å². The van der Waals surface area contributed by atoms with Crippen LogP contribution in [0.15, 0.2) is 0 Å². The maximum atomic E-state index is 12.8. The van der Waals surface area contributed by atoms with Gasteiger partial charge in [-0.2, -0.15) is 0 Å². The molecule has 0 aliphatic heterocycles. The number of nitrogens with two attached hydrogens (primary N) is 3. The van der Waals surface area contributed by atoms with Gasteiger partial charge >= 0.3 is 0 Å². The van der Waals surface area contributed by atoms with Gasteiger partial charge in [-0.1, -0.05) is 0 Å². The monoisotopic (exact) mass is 833 g/mol. The third kappa shape index (κ3) is 32.0. The average Bonchev–Trinajstić information content (AvgIpc) is 3.18. The van der Waals surface area contributed by atoms with Crippen LogP contribution >= 0.6 is 0 Å². The Morgan fingerprint density at radius 3 is 1.40 bits per heavy atom. The van der Waals surface area contributed by atoms with Crippen molar-refractivity contribution in [2.75, 3.05) is 99.7 Å². The van der Waals surface area contributed by atoms with Crippen molar-refractivity contribution < 1.29 is 52.5 Å². The molecule has 3 atom stereocenters. The van der Waals surface area contributed by atoms with E-state index in [2.05, 4.69) is 37.2 Å². The standard InChI is InChI=1S/C37H72N10O11/c1-41-28(35(39)52)10-4-7-16-43-33(50)26-57-24-23-56-21-19-45-34(51)27-58-25-22-55-20-18-44-31(48)13-9-14-32(49)47-30(12-3-6-15-38)37(54)46-17-8-5-11-29(42-2)36(40)53/h28-30,41-42H,3-27,38H2,1-2H3,(H2,39,52)(H2,40,53)(H,43,50)(H,44,48)(H,45,51)(H,46,54)(H,47,49)/t28-,29-,30-/m0/s1. The molecule has 0 aliphatic rings. The van der Waals surface area contributed by atoms with Gasteiger partial charge in [-0.3, -0.25) is 33.6 Å². The van der Waals surface area contributed by atoms with Gasteiger partial charge in [0, 0.05) is 39.0 Å². The summed E-state index contributed by atoms with van der Waals surface area (Å²) in [5.74, 6) is -2.21. The second-order valence-electron chi connectivity index (χ2n) is 13.4. The van der Waals surface area contributed by atoms with E-state index in [1.165, 1.54) is 0 Å². The SMILES string of the molecule is CN[C@@H](CCCCNC(=O)COCCOCCNC(=O)COCCOCCNC(=O)CCCC(=O)N[C@@H](CCCCN)C(=O)NCCCC[C@H](NC)C(N)=O)C(N)=O. The summed E-state index contributed by atoms with van der Waals surface area (Å²) in [6, 6.07) is -1.49. The van der Waals surface area contributed by atoms with Crippen LogP contribution in [0.25, 0.3) is 0 Å². The number of primary amides is 2. The van der Waals surface area contributed by atoms with Gasteiger partial charge in [-0.05, 0) is 84.8 Å². The Morgan fingerprint density at radius 2 is 0.897 bits per heavy atom. The lowest BCUT2D eigenvalue weighted by Crippen LogP contribution is -2.47. The lowest BCUT2D eigenvalue weighted by molar-refractivity contribution is -0.129. The fraction of sp³-hybridized carbons (Fsp3) is 0.811. The molecule has 0 radical (unpaired) electrons. The minimum atomic E-state index is -0.706. The van der Waals surface area contributed by atoms with Crippen LogP contribution in [0.2, 0.25) is 0 Å². The van der Waals surface area contributed by atoms with E-state index < -0.39 is 23.9 Å². The maximum Gasteiger partial charge on any atom is 0.246 e. The Labute approximate surface area is 342 Å². The summed E-state index contributed by atoms with van der Waals surface area (Å²) in [5, 5.41) is 19.4. The van der Waals surface area contributed by atoms with Gasteiger partial charge in [0.15, 0.2) is 0 Å². The van der Waals surface area contributed by atoms with Gasteiger partial charge < -0.3 is 73.4 Å². The molecule has 0 saturated heterocycles. The van der Waals surface area contributed by atoms with Crippen LogP contribution in [-0.4, -0.2) is 159 Å². The molecule has 0 aromatic rings. The first-order valence-corrected chi connectivity index (χ1v) is 20.3. The quantitative estimate of drug-likeness (QED) is 0.0272. The molecule has 21 nitrogen and oxygen atoms in total. The Hall–Kier alpha value is -3.99. The van der Waals surface area contributed by atoms with Crippen LogP contribution in [0.1, 0.15) is 77.0 Å². The van der Waals surface area contributed by atoms with Crippen molar-refractivity contribution >= 4 is 41.4 Å². The van der Waals surface area contributed by atoms with Crippen molar-refractivity contribution in [3.8, 4) is 0 Å². The number of likely N-dealkylation sites (N-methyl/N-ethyl adjacent to an activating group) is 2. The highest BCUT2D eigenvalue weighted by molar-refractivity contribution is 5.87. The predicted molar refractivity (Wildman–Crippen MR) is 216 cm³/mol. The van der Waals surface area contributed by atoms with Crippen LogP contribution in [0.5, 0.6) is 0 Å². The Kier molecular flexibility index (Phi) is 34.7. The lowest BCUT2D eigenvalue weighted by Gasteiger charge is -2.19. The molecule has 0 saturated carbocycles. The topological polar surface area (TPSA) is 319 Å². The first-order chi connectivity index (χ1) is 27.9. The van der Waals surface area contributed by atoms with Gasteiger partial charge in [0.25, 0.3) is 0 Å². The van der Waals surface area contributed by atoms with Crippen molar-refractivity contribution in [3.63, 3.8) is 0 Å². The molecule has 0 aromatic carbocycles. The summed E-state index contributed by atoms with van der Waals surface area (Å²) in [5.41, 5.74) is 16.2. The molecule has 58 heavy (non-hydrogen) atoms. The van der Waals surface area contributed by atoms with E-state index >= 15 is 0 Å². The fourth-order valence-electron chi connectivity index (χ4n) is 5.29. The van der Waals surface area contributed by atoms with E-state index in [4.69, 9.17) is 36.1 Å². The first-order valence-electron chi connectivity index (χ1n) is 20.3. The third-order valence-electron chi connectivity index (χ3n) is 8.60. The minimum Gasteiger partial charge on any atom is -0.377 e. The molecular weight excluding hydrogens is 760 g/mol. The van der Waals surface area contributed by atoms with Crippen LogP contribution < -0.4 is 54.4 Å². The highest BCUT2D eigenvalue weighted by Gasteiger charge is 2.20. The fourth-order valence-corrected chi connectivity index (χ4v) is 5.29. The molecule has 0 spiro atoms. The molecule has 0 rings (SSSR count). The molecule has 0 unspecified atom stereocenters. The highest BCUT2D eigenvalue weighted by atomic mass is 16.5. The van der Waals surface area contributed by atoms with Crippen LogP contribution in [0.4, 0.5) is 0 Å². The summed E-state index contributed by atoms with van der Waals surface area (Å²) < 4.78 is 21.3. The number of carbonyl (C=O) groups excluding carboxylic acids is 7. The Balaban J connectivity index is 3.84. The summed E-state index contributed by atoms with van der Waals surface area (Å²) in [7, 11) is 3.34. The normalized spacial score (nSPS) is 12.5. The van der Waals surface area contributed by atoms with Crippen LogP contribution in [-0.2, 0) is 52.5 Å². The molecule has 0 aromatic heterocycles. The predicted octanol–water partition coefficient (Wildman–Crippen LogP) is -3.21. The average molecular weight is 833 g/mol. The second kappa shape index (κ2) is 37.3. The summed E-state index contributed by atoms with van der Waals surface area (Å²) in [6.45, 7) is 3.06. The number of ether oxygens (including phenoxy) is 4. The number of amides is 7. The van der Waals surface area contributed by atoms with Crippen molar-refractivity contribution in [2.45, 2.75) is 95.2 Å². The number of unbranched alkanes of at least 4 members (excludes halogenated alkanes) is 3. The molecule has 0 heterocycles. The Morgan fingerprint density at radius 1 is 0.466 bits per heavy atom. The molecule has 0 fully saturated rings. The van der Waals surface area contributed by atoms with E-state index in [9.17, 15) is 33.6 Å². The zero-order valence-electron chi connectivity index (χ0n) is 34.6. The number of hydrogen-bond donors (Lipinski definition) is 10. The summed E-state index contributed by atoms with van der Waals surface area (Å²) >= 11 is 0. The van der Waals surface area contributed by atoms with Gasteiger partial charge in [0.1, 0.15) is 19.3 Å². The number of hydrogen-bond acceptors (Lipinski definition) is 14. The van der Waals surface area contributed by atoms with Gasteiger partial charge in [0.2, 0.25) is 41.4 Å². The van der Waals surface area contributed by atoms with Crippen LogP contribution in [0, 0.1) is 0 Å². The van der Waals surface area contributed by atoms with Crippen molar-refractivity contribution in [2.24, 2.45) is 17.2 Å². The van der Waals surface area contributed by atoms with E-state index in [1.54, 1.807) is 14.1 Å². The number of carbonyl (C=O) groups is 7. The van der Waals surface area contributed by atoms with Crippen molar-refractivity contribution in [3.05, 3.63) is 0 Å². The molecule has 13 N–H and O–H groups in total. The third-order valence-corrected chi connectivity index (χ3v) is 8.60. The highest BCUT2D eigenvalue weighted by Crippen LogP contribution is 2.05. The molecule has 336 valence electrons.